The van der Waals surface area contributed by atoms with Gasteiger partial charge in [-0.15, -0.1) is 11.3 Å². The molecule has 1 aliphatic rings. The van der Waals surface area contributed by atoms with Crippen LogP contribution in [0.1, 0.15) is 47.6 Å². The maximum atomic E-state index is 11.3. The lowest BCUT2D eigenvalue weighted by Crippen LogP contribution is -2.57. The van der Waals surface area contributed by atoms with Crippen molar-refractivity contribution in [2.75, 3.05) is 24.5 Å². The number of aliphatic hydroxyl groups excluding tert-OH is 1. The third kappa shape index (κ3) is 5.08. The van der Waals surface area contributed by atoms with Crippen LogP contribution in [0.4, 0.5) is 5.00 Å². The fraction of sp³-hybridized carbons (Fsp3) is 0.500. The number of carbonyl (C=O) groups excluding carboxylic acids is 1. The van der Waals surface area contributed by atoms with Crippen molar-refractivity contribution < 1.29 is 9.90 Å². The van der Waals surface area contributed by atoms with Crippen LogP contribution in [-0.4, -0.2) is 47.7 Å². The van der Waals surface area contributed by atoms with Gasteiger partial charge in [0.25, 0.3) is 5.91 Å². The molecule has 3 unspecified atom stereocenters. The van der Waals surface area contributed by atoms with Crippen LogP contribution in [0, 0.1) is 0 Å². The first kappa shape index (κ1) is 20.7. The minimum Gasteiger partial charge on any atom is -0.385 e. The zero-order valence-corrected chi connectivity index (χ0v) is 17.0. The van der Waals surface area contributed by atoms with Gasteiger partial charge in [-0.1, -0.05) is 19.4 Å². The van der Waals surface area contributed by atoms with E-state index in [4.69, 9.17) is 11.5 Å². The van der Waals surface area contributed by atoms with E-state index in [2.05, 4.69) is 33.6 Å². The van der Waals surface area contributed by atoms with Gasteiger partial charge in [-0.25, -0.2) is 4.98 Å². The summed E-state index contributed by atoms with van der Waals surface area (Å²) in [6.45, 7) is 4.24. The summed E-state index contributed by atoms with van der Waals surface area (Å²) in [5.41, 5.74) is 13.6. The number of primary amides is 1. The fourth-order valence-electron chi connectivity index (χ4n) is 3.53. The molecule has 3 atom stereocenters. The molecule has 28 heavy (non-hydrogen) atoms. The number of anilines is 1. The van der Waals surface area contributed by atoms with Crippen molar-refractivity contribution in [1.82, 2.24) is 10.3 Å². The predicted octanol–water partition coefficient (Wildman–Crippen LogP) is 1.42. The number of aromatic nitrogens is 1. The summed E-state index contributed by atoms with van der Waals surface area (Å²) in [6.07, 6.45) is 2.35. The molecule has 0 saturated carbocycles. The minimum absolute atomic E-state index is 0.0254. The van der Waals surface area contributed by atoms with Crippen LogP contribution < -0.4 is 21.7 Å². The Labute approximate surface area is 169 Å². The number of carbonyl (C=O) groups is 1. The molecule has 7 nitrogen and oxygen atoms in total. The third-order valence-electron chi connectivity index (χ3n) is 5.09. The van der Waals surface area contributed by atoms with Gasteiger partial charge in [-0.05, 0) is 42.0 Å². The first-order valence-electron chi connectivity index (χ1n) is 9.74. The summed E-state index contributed by atoms with van der Waals surface area (Å²) in [5, 5.41) is 17.3. The summed E-state index contributed by atoms with van der Waals surface area (Å²) >= 11 is 1.78. The van der Waals surface area contributed by atoms with E-state index in [-0.39, 0.29) is 17.8 Å². The van der Waals surface area contributed by atoms with Crippen molar-refractivity contribution in [3.8, 4) is 0 Å². The molecule has 1 amide bonds. The van der Waals surface area contributed by atoms with Gasteiger partial charge in [0.15, 0.2) is 0 Å². The molecule has 3 rings (SSSR count). The molecule has 0 aromatic carbocycles. The third-order valence-corrected chi connectivity index (χ3v) is 6.12. The van der Waals surface area contributed by atoms with E-state index in [0.29, 0.717) is 12.2 Å². The summed E-state index contributed by atoms with van der Waals surface area (Å²) < 4.78 is 0. The molecule has 1 fully saturated rings. The number of hydrogen-bond acceptors (Lipinski definition) is 7. The van der Waals surface area contributed by atoms with Crippen molar-refractivity contribution in [2.45, 2.75) is 44.4 Å². The van der Waals surface area contributed by atoms with E-state index in [1.807, 2.05) is 0 Å². The molecule has 0 radical (unpaired) electrons. The Morgan fingerprint density at radius 3 is 3.04 bits per heavy atom. The number of nitrogens with one attached hydrogen (secondary N) is 1. The SMILES string of the molecule is CCCc1csc(N2CCC(NCC(O)c3cccc(C(N)=O)n3)C(N)C2)c1. The largest absolute Gasteiger partial charge is 0.385 e. The van der Waals surface area contributed by atoms with E-state index < -0.39 is 12.0 Å². The number of aryl methyl sites for hydroxylation is 1. The lowest BCUT2D eigenvalue weighted by molar-refractivity contribution is 0.0994. The molecule has 1 aliphatic heterocycles. The molecule has 0 aliphatic carbocycles. The average molecular weight is 404 g/mol. The highest BCUT2D eigenvalue weighted by Crippen LogP contribution is 2.28. The summed E-state index contributed by atoms with van der Waals surface area (Å²) in [4.78, 5) is 17.7. The van der Waals surface area contributed by atoms with Gasteiger partial charge < -0.3 is 26.8 Å². The number of pyridine rings is 1. The summed E-state index contributed by atoms with van der Waals surface area (Å²) in [6, 6.07) is 7.27. The van der Waals surface area contributed by atoms with E-state index >= 15 is 0 Å². The van der Waals surface area contributed by atoms with Crippen LogP contribution in [0.5, 0.6) is 0 Å². The Balaban J connectivity index is 1.52. The van der Waals surface area contributed by atoms with Crippen molar-refractivity contribution >= 4 is 22.2 Å². The van der Waals surface area contributed by atoms with Crippen molar-refractivity contribution in [3.05, 3.63) is 46.6 Å². The van der Waals surface area contributed by atoms with Crippen LogP contribution in [0.25, 0.3) is 0 Å². The minimum atomic E-state index is -0.821. The van der Waals surface area contributed by atoms with Crippen molar-refractivity contribution in [3.63, 3.8) is 0 Å². The Hall–Kier alpha value is -2.00. The number of rotatable bonds is 8. The Morgan fingerprint density at radius 2 is 2.32 bits per heavy atom. The number of piperidine rings is 1. The molecule has 8 heteroatoms. The first-order valence-corrected chi connectivity index (χ1v) is 10.6. The van der Waals surface area contributed by atoms with Crippen LogP contribution >= 0.6 is 11.3 Å². The summed E-state index contributed by atoms with van der Waals surface area (Å²) in [5.74, 6) is -0.605. The molecule has 0 spiro atoms. The van der Waals surface area contributed by atoms with Gasteiger partial charge >= 0.3 is 0 Å². The van der Waals surface area contributed by atoms with E-state index in [9.17, 15) is 9.90 Å². The lowest BCUT2D eigenvalue weighted by Gasteiger charge is -2.38. The maximum Gasteiger partial charge on any atom is 0.267 e. The molecule has 6 N–H and O–H groups in total. The molecule has 0 bridgehead atoms. The normalized spacial score (nSPS) is 20.9. The van der Waals surface area contributed by atoms with Crippen molar-refractivity contribution in [2.24, 2.45) is 11.5 Å². The number of thiophene rings is 1. The standard InChI is InChI=1S/C20H29N5O2S/c1-2-4-13-9-19(28-12-13)25-8-7-15(14(21)11-25)23-10-18(26)16-5-3-6-17(24-16)20(22)27/h3,5-6,9,12,14-15,18,23,26H,2,4,7-8,10-11,21H2,1H3,(H2,22,27). The van der Waals surface area contributed by atoms with Gasteiger partial charge in [0, 0.05) is 31.7 Å². The molecular weight excluding hydrogens is 374 g/mol. The Morgan fingerprint density at radius 1 is 1.50 bits per heavy atom. The molecule has 3 heterocycles. The molecule has 2 aromatic heterocycles. The highest BCUT2D eigenvalue weighted by Gasteiger charge is 2.27. The van der Waals surface area contributed by atoms with Gasteiger partial charge in [-0.3, -0.25) is 4.79 Å². The van der Waals surface area contributed by atoms with Crippen LogP contribution in [0.15, 0.2) is 29.6 Å². The van der Waals surface area contributed by atoms with Gasteiger partial charge in [-0.2, -0.15) is 0 Å². The quantitative estimate of drug-likeness (QED) is 0.530. The van der Waals surface area contributed by atoms with E-state index in [1.54, 1.807) is 23.5 Å². The van der Waals surface area contributed by atoms with Gasteiger partial charge in [0.05, 0.1) is 10.7 Å². The zero-order chi connectivity index (χ0) is 20.1. The van der Waals surface area contributed by atoms with Gasteiger partial charge in [0.1, 0.15) is 11.8 Å². The molecule has 1 saturated heterocycles. The number of aliphatic hydroxyl groups is 1. The number of amides is 1. The maximum absolute atomic E-state index is 11.3. The Kier molecular flexibility index (Phi) is 7.01. The van der Waals surface area contributed by atoms with Crippen molar-refractivity contribution in [1.29, 1.82) is 0 Å². The highest BCUT2D eigenvalue weighted by atomic mass is 32.1. The second kappa shape index (κ2) is 9.47. The molecule has 152 valence electrons. The zero-order valence-electron chi connectivity index (χ0n) is 16.2. The van der Waals surface area contributed by atoms with Gasteiger partial charge in [0.2, 0.25) is 0 Å². The smallest absolute Gasteiger partial charge is 0.267 e. The topological polar surface area (TPSA) is 118 Å². The molecular formula is C20H29N5O2S. The lowest BCUT2D eigenvalue weighted by atomic mass is 9.99. The second-order valence-corrected chi connectivity index (χ2v) is 8.17. The predicted molar refractivity (Wildman–Crippen MR) is 113 cm³/mol. The highest BCUT2D eigenvalue weighted by molar-refractivity contribution is 7.14. The average Bonchev–Trinajstić information content (AvgIpc) is 3.16. The van der Waals surface area contributed by atoms with Crippen LogP contribution in [-0.2, 0) is 6.42 Å². The monoisotopic (exact) mass is 403 g/mol. The fourth-order valence-corrected chi connectivity index (χ4v) is 4.52. The van der Waals surface area contributed by atoms with Crippen LogP contribution in [0.2, 0.25) is 0 Å². The van der Waals surface area contributed by atoms with E-state index in [1.165, 1.54) is 16.6 Å². The molecule has 2 aromatic rings. The van der Waals surface area contributed by atoms with E-state index in [0.717, 1.165) is 32.4 Å². The number of nitrogens with two attached hydrogens (primary N) is 2. The number of nitrogens with zero attached hydrogens (tertiary/aromatic N) is 2. The Bertz CT molecular complexity index is 796. The van der Waals surface area contributed by atoms with Crippen LogP contribution in [0.3, 0.4) is 0 Å². The number of hydrogen-bond donors (Lipinski definition) is 4. The summed E-state index contributed by atoms with van der Waals surface area (Å²) in [7, 11) is 0. The second-order valence-electron chi connectivity index (χ2n) is 7.28. The first-order chi connectivity index (χ1) is 13.5.